The minimum Gasteiger partial charge on any atom is -0.342 e. The summed E-state index contributed by atoms with van der Waals surface area (Å²) in [6, 6.07) is 23.4. The van der Waals surface area contributed by atoms with Gasteiger partial charge in [0.15, 0.2) is 0 Å². The van der Waals surface area contributed by atoms with Gasteiger partial charge in [-0.1, -0.05) is 48.5 Å². The molecule has 0 aliphatic heterocycles. The summed E-state index contributed by atoms with van der Waals surface area (Å²) < 4.78 is 15.2. The van der Waals surface area contributed by atoms with E-state index in [9.17, 15) is 9.18 Å². The second-order valence-electron chi connectivity index (χ2n) is 6.42. The fraction of sp³-hybridized carbons (Fsp3) is 0.0435. The van der Waals surface area contributed by atoms with E-state index in [-0.39, 0.29) is 11.7 Å². The summed E-state index contributed by atoms with van der Waals surface area (Å²) in [4.78, 5) is 12.1. The number of fused-ring (bicyclic) bond motifs is 1. The molecule has 4 rings (SSSR count). The molecule has 0 fully saturated rings. The third-order valence-corrected chi connectivity index (χ3v) is 4.49. The van der Waals surface area contributed by atoms with Gasteiger partial charge in [0, 0.05) is 34.8 Å². The highest BCUT2D eigenvalue weighted by Crippen LogP contribution is 2.21. The van der Waals surface area contributed by atoms with Crippen LogP contribution in [0.3, 0.4) is 0 Å². The van der Waals surface area contributed by atoms with E-state index >= 15 is 0 Å². The Morgan fingerprint density at radius 3 is 2.46 bits per heavy atom. The van der Waals surface area contributed by atoms with Crippen LogP contribution in [0.25, 0.3) is 10.9 Å². The molecule has 0 bridgehead atoms. The van der Waals surface area contributed by atoms with Crippen LogP contribution >= 0.6 is 0 Å². The number of rotatable bonds is 5. The maximum atomic E-state index is 13.2. The zero-order chi connectivity index (χ0) is 19.3. The zero-order valence-electron chi connectivity index (χ0n) is 15.0. The van der Waals surface area contributed by atoms with Gasteiger partial charge < -0.3 is 4.57 Å². The van der Waals surface area contributed by atoms with Gasteiger partial charge in [0.2, 0.25) is 0 Å². The fourth-order valence-electron chi connectivity index (χ4n) is 3.11. The van der Waals surface area contributed by atoms with E-state index in [1.165, 1.54) is 12.1 Å². The van der Waals surface area contributed by atoms with Crippen molar-refractivity contribution in [2.75, 3.05) is 0 Å². The highest BCUT2D eigenvalue weighted by atomic mass is 19.1. The molecule has 1 N–H and O–H groups in total. The molecule has 5 heteroatoms. The van der Waals surface area contributed by atoms with Gasteiger partial charge in [0.05, 0.1) is 6.21 Å². The molecule has 28 heavy (non-hydrogen) atoms. The van der Waals surface area contributed by atoms with Gasteiger partial charge in [-0.2, -0.15) is 5.10 Å². The normalized spacial score (nSPS) is 11.2. The third-order valence-electron chi connectivity index (χ3n) is 4.49. The van der Waals surface area contributed by atoms with E-state index < -0.39 is 0 Å². The highest BCUT2D eigenvalue weighted by Gasteiger charge is 2.08. The molecule has 0 saturated carbocycles. The molecule has 3 aromatic carbocycles. The van der Waals surface area contributed by atoms with Gasteiger partial charge in [-0.05, 0) is 35.9 Å². The first-order chi connectivity index (χ1) is 13.7. The number of benzene rings is 3. The first-order valence-electron chi connectivity index (χ1n) is 8.91. The minimum atomic E-state index is -0.257. The number of carbonyl (C=O) groups excluding carboxylic acids is 1. The molecular weight excluding hydrogens is 353 g/mol. The lowest BCUT2D eigenvalue weighted by Crippen LogP contribution is -2.17. The molecule has 1 heterocycles. The highest BCUT2D eigenvalue weighted by molar-refractivity contribution is 6.00. The quantitative estimate of drug-likeness (QED) is 0.405. The van der Waals surface area contributed by atoms with Crippen LogP contribution in [0.15, 0.2) is 90.2 Å². The Labute approximate surface area is 161 Å². The summed E-state index contributed by atoms with van der Waals surface area (Å²) in [6.07, 6.45) is 3.62. The molecule has 0 aliphatic carbocycles. The van der Waals surface area contributed by atoms with Crippen molar-refractivity contribution >= 4 is 23.0 Å². The van der Waals surface area contributed by atoms with Crippen LogP contribution in [0.1, 0.15) is 21.5 Å². The largest absolute Gasteiger partial charge is 0.342 e. The number of aromatic nitrogens is 1. The lowest BCUT2D eigenvalue weighted by atomic mass is 10.2. The molecule has 4 aromatic rings. The Bertz CT molecular complexity index is 1130. The number of hydrazone groups is 1. The molecule has 0 atom stereocenters. The van der Waals surface area contributed by atoms with Gasteiger partial charge >= 0.3 is 0 Å². The van der Waals surface area contributed by atoms with E-state index in [2.05, 4.69) is 15.1 Å². The van der Waals surface area contributed by atoms with Gasteiger partial charge in [-0.25, -0.2) is 9.82 Å². The molecule has 1 aromatic heterocycles. The fourth-order valence-corrected chi connectivity index (χ4v) is 3.11. The number of hydrogen-bond acceptors (Lipinski definition) is 2. The Morgan fingerprint density at radius 2 is 1.68 bits per heavy atom. The van der Waals surface area contributed by atoms with E-state index in [4.69, 9.17) is 0 Å². The summed E-state index contributed by atoms with van der Waals surface area (Å²) in [7, 11) is 0. The first-order valence-corrected chi connectivity index (χ1v) is 8.91. The molecule has 0 aliphatic rings. The predicted molar refractivity (Wildman–Crippen MR) is 109 cm³/mol. The Hall–Kier alpha value is -3.73. The number of hydrogen-bond donors (Lipinski definition) is 1. The van der Waals surface area contributed by atoms with E-state index in [0.717, 1.165) is 22.0 Å². The van der Waals surface area contributed by atoms with Gasteiger partial charge in [-0.3, -0.25) is 4.79 Å². The van der Waals surface area contributed by atoms with Crippen molar-refractivity contribution in [1.82, 2.24) is 9.99 Å². The molecule has 4 nitrogen and oxygen atoms in total. The smallest absolute Gasteiger partial charge is 0.271 e. The summed E-state index contributed by atoms with van der Waals surface area (Å²) in [5, 5.41) is 5.14. The zero-order valence-corrected chi connectivity index (χ0v) is 15.0. The van der Waals surface area contributed by atoms with Gasteiger partial charge in [-0.15, -0.1) is 0 Å². The van der Waals surface area contributed by atoms with Crippen LogP contribution < -0.4 is 5.43 Å². The van der Waals surface area contributed by atoms with E-state index in [1.54, 1.807) is 30.5 Å². The SMILES string of the molecule is O=C(N/N=C\c1cn(Cc2ccc(F)cc2)c2ccccc12)c1ccccc1. The summed E-state index contributed by atoms with van der Waals surface area (Å²) in [5.74, 6) is -0.505. The second kappa shape index (κ2) is 7.88. The number of amides is 1. The van der Waals surface area contributed by atoms with Crippen molar-refractivity contribution in [3.63, 3.8) is 0 Å². The Kier molecular flexibility index (Phi) is 4.97. The molecule has 1 amide bonds. The molecule has 0 radical (unpaired) electrons. The van der Waals surface area contributed by atoms with Crippen molar-refractivity contribution in [2.45, 2.75) is 6.54 Å². The second-order valence-corrected chi connectivity index (χ2v) is 6.42. The minimum absolute atomic E-state index is 0.247. The monoisotopic (exact) mass is 371 g/mol. The third kappa shape index (κ3) is 3.83. The maximum Gasteiger partial charge on any atom is 0.271 e. The van der Waals surface area contributed by atoms with Crippen LogP contribution in [0.2, 0.25) is 0 Å². The van der Waals surface area contributed by atoms with Crippen LogP contribution in [0.4, 0.5) is 4.39 Å². The number of nitrogens with zero attached hydrogens (tertiary/aromatic N) is 2. The molecule has 0 unspecified atom stereocenters. The Balaban J connectivity index is 1.57. The van der Waals surface area contributed by atoms with E-state index in [0.29, 0.717) is 12.1 Å². The van der Waals surface area contributed by atoms with Crippen molar-refractivity contribution in [3.05, 3.63) is 108 Å². The average molecular weight is 371 g/mol. The van der Waals surface area contributed by atoms with Gasteiger partial charge in [0.1, 0.15) is 5.82 Å². The maximum absolute atomic E-state index is 13.2. The first kappa shape index (κ1) is 17.7. The number of nitrogens with one attached hydrogen (secondary N) is 1. The van der Waals surface area contributed by atoms with Crippen LogP contribution in [0.5, 0.6) is 0 Å². The van der Waals surface area contributed by atoms with E-state index in [1.807, 2.05) is 48.7 Å². The molecule has 138 valence electrons. The van der Waals surface area contributed by atoms with Crippen molar-refractivity contribution in [2.24, 2.45) is 5.10 Å². The summed E-state index contributed by atoms with van der Waals surface area (Å²) in [5.41, 5.74) is 6.05. The van der Waals surface area contributed by atoms with Gasteiger partial charge in [0.25, 0.3) is 5.91 Å². The summed E-state index contributed by atoms with van der Waals surface area (Å²) in [6.45, 7) is 0.616. The van der Waals surface area contributed by atoms with Crippen LogP contribution in [-0.4, -0.2) is 16.7 Å². The summed E-state index contributed by atoms with van der Waals surface area (Å²) >= 11 is 0. The van der Waals surface area contributed by atoms with Crippen molar-refractivity contribution in [3.8, 4) is 0 Å². The van der Waals surface area contributed by atoms with Crippen LogP contribution in [-0.2, 0) is 6.54 Å². The standard InChI is InChI=1S/C23H18FN3O/c24-20-12-10-17(11-13-20)15-27-16-19(21-8-4-5-9-22(21)27)14-25-26-23(28)18-6-2-1-3-7-18/h1-14,16H,15H2,(H,26,28)/b25-14-. The number of carbonyl (C=O) groups is 1. The lowest BCUT2D eigenvalue weighted by Gasteiger charge is -2.05. The molecular formula is C23H18FN3O. The van der Waals surface area contributed by atoms with Crippen molar-refractivity contribution in [1.29, 1.82) is 0 Å². The topological polar surface area (TPSA) is 46.4 Å². The molecule has 0 spiro atoms. The number of para-hydroxylation sites is 1. The predicted octanol–water partition coefficient (Wildman–Crippen LogP) is 4.59. The van der Waals surface area contributed by atoms with Crippen LogP contribution in [0, 0.1) is 5.82 Å². The average Bonchev–Trinajstić information content (AvgIpc) is 3.08. The lowest BCUT2D eigenvalue weighted by molar-refractivity contribution is 0.0955. The molecule has 0 saturated heterocycles. The van der Waals surface area contributed by atoms with Crippen molar-refractivity contribution < 1.29 is 9.18 Å². The number of halogens is 1. The Morgan fingerprint density at radius 1 is 0.964 bits per heavy atom.